The molecule has 0 spiro atoms. The first kappa shape index (κ1) is 22.0. The van der Waals surface area contributed by atoms with Gasteiger partial charge in [0, 0.05) is 0 Å². The van der Waals surface area contributed by atoms with E-state index in [1.807, 2.05) is 0 Å². The third-order valence-corrected chi connectivity index (χ3v) is 4.81. The van der Waals surface area contributed by atoms with Crippen LogP contribution in [0.3, 0.4) is 0 Å². The van der Waals surface area contributed by atoms with Crippen LogP contribution in [0, 0.1) is 13.8 Å². The summed E-state index contributed by atoms with van der Waals surface area (Å²) in [7, 11) is 0. The summed E-state index contributed by atoms with van der Waals surface area (Å²) in [5, 5.41) is 12.4. The van der Waals surface area contributed by atoms with Crippen LogP contribution in [0.25, 0.3) is 0 Å². The average molecular weight is 425 g/mol. The molecule has 162 valence electrons. The number of aromatic nitrogens is 2. The maximum Gasteiger partial charge on any atom is 0.416 e. The van der Waals surface area contributed by atoms with Gasteiger partial charge in [-0.05, 0) is 38.0 Å². The first-order valence-corrected chi connectivity index (χ1v) is 9.33. The summed E-state index contributed by atoms with van der Waals surface area (Å²) < 4.78 is 50.9. The minimum atomic E-state index is -4.46. The van der Waals surface area contributed by atoms with E-state index in [9.17, 15) is 23.1 Å². The van der Waals surface area contributed by atoms with Crippen molar-refractivity contribution in [3.8, 4) is 0 Å². The molecule has 2 aromatic rings. The summed E-state index contributed by atoms with van der Waals surface area (Å²) in [6, 6.07) is 3.45. The molecule has 7 nitrogen and oxygen atoms in total. The maximum absolute atomic E-state index is 13.3. The Morgan fingerprint density at radius 3 is 2.53 bits per heavy atom. The van der Waals surface area contributed by atoms with Gasteiger partial charge in [-0.25, -0.2) is 9.97 Å². The Bertz CT molecular complexity index is 944. The van der Waals surface area contributed by atoms with Gasteiger partial charge in [0.1, 0.15) is 11.6 Å². The number of benzene rings is 1. The van der Waals surface area contributed by atoms with Gasteiger partial charge < -0.3 is 19.9 Å². The fourth-order valence-electron chi connectivity index (χ4n) is 3.51. The van der Waals surface area contributed by atoms with Crippen LogP contribution >= 0.6 is 0 Å². The molecule has 1 aromatic carbocycles. The number of aryl methyl sites for hydroxylation is 1. The molecule has 1 atom stereocenters. The molecule has 2 N–H and O–H groups in total. The topological polar surface area (TPSA) is 93.6 Å². The lowest BCUT2D eigenvalue weighted by molar-refractivity contribution is -0.138. The number of nitrogens with one attached hydrogen (secondary N) is 1. The Morgan fingerprint density at radius 2 is 1.93 bits per heavy atom. The van der Waals surface area contributed by atoms with Gasteiger partial charge in [-0.3, -0.25) is 4.79 Å². The van der Waals surface area contributed by atoms with Crippen molar-refractivity contribution in [2.75, 3.05) is 18.5 Å². The molecule has 2 heterocycles. The SMILES string of the molecule is Cc1nc(CC(=O)O)c(C2OCCO2)c(NC(C)c2cccc(C(F)(F)F)c2C)n1. The highest BCUT2D eigenvalue weighted by atomic mass is 19.4. The molecule has 30 heavy (non-hydrogen) atoms. The Kier molecular flexibility index (Phi) is 6.27. The number of nitrogens with zero attached hydrogens (tertiary/aromatic N) is 2. The standard InChI is InChI=1S/C20H22F3N3O4/c1-10-13(5-4-6-14(10)20(21,22)23)11(2)24-18-17(19-29-7-8-30-19)15(9-16(27)28)25-12(3)26-18/h4-6,11,19H,7-9H2,1-3H3,(H,27,28)(H,24,25,26). The van der Waals surface area contributed by atoms with Gasteiger partial charge in [-0.1, -0.05) is 12.1 Å². The molecule has 1 fully saturated rings. The van der Waals surface area contributed by atoms with Crippen molar-refractivity contribution >= 4 is 11.8 Å². The van der Waals surface area contributed by atoms with Crippen LogP contribution in [0.15, 0.2) is 18.2 Å². The number of hydrogen-bond donors (Lipinski definition) is 2. The fourth-order valence-corrected chi connectivity index (χ4v) is 3.51. The van der Waals surface area contributed by atoms with E-state index in [1.165, 1.54) is 13.0 Å². The van der Waals surface area contributed by atoms with Gasteiger partial charge in [0.2, 0.25) is 0 Å². The molecule has 0 aliphatic carbocycles. The number of hydrogen-bond acceptors (Lipinski definition) is 6. The van der Waals surface area contributed by atoms with Crippen LogP contribution in [-0.4, -0.2) is 34.3 Å². The van der Waals surface area contributed by atoms with E-state index >= 15 is 0 Å². The van der Waals surface area contributed by atoms with Crippen LogP contribution in [0.4, 0.5) is 19.0 Å². The summed E-state index contributed by atoms with van der Waals surface area (Å²) in [6.07, 6.45) is -5.68. The zero-order valence-corrected chi connectivity index (χ0v) is 16.7. The first-order chi connectivity index (χ1) is 14.1. The van der Waals surface area contributed by atoms with Crippen molar-refractivity contribution in [2.45, 2.75) is 45.7 Å². The van der Waals surface area contributed by atoms with Crippen molar-refractivity contribution in [1.82, 2.24) is 9.97 Å². The van der Waals surface area contributed by atoms with Crippen molar-refractivity contribution in [3.63, 3.8) is 0 Å². The Hall–Kier alpha value is -2.72. The van der Waals surface area contributed by atoms with E-state index in [0.29, 0.717) is 30.2 Å². The molecule has 1 aliphatic heterocycles. The van der Waals surface area contributed by atoms with Gasteiger partial charge in [0.25, 0.3) is 0 Å². The number of ether oxygens (including phenoxy) is 2. The molecule has 0 bridgehead atoms. The zero-order valence-electron chi connectivity index (χ0n) is 16.7. The smallest absolute Gasteiger partial charge is 0.416 e. The summed E-state index contributed by atoms with van der Waals surface area (Å²) >= 11 is 0. The number of anilines is 1. The predicted octanol–water partition coefficient (Wildman–Crippen LogP) is 3.96. The van der Waals surface area contributed by atoms with E-state index in [4.69, 9.17) is 9.47 Å². The molecule has 1 unspecified atom stereocenters. The summed E-state index contributed by atoms with van der Waals surface area (Å²) in [6.45, 7) is 5.38. The van der Waals surface area contributed by atoms with Gasteiger partial charge in [0.15, 0.2) is 6.29 Å². The average Bonchev–Trinajstić information content (AvgIpc) is 3.14. The number of carbonyl (C=O) groups is 1. The van der Waals surface area contributed by atoms with Crippen LogP contribution < -0.4 is 5.32 Å². The second kappa shape index (κ2) is 8.57. The summed E-state index contributed by atoms with van der Waals surface area (Å²) in [5.74, 6) is -0.488. The molecule has 1 saturated heterocycles. The second-order valence-electron chi connectivity index (χ2n) is 7.01. The highest BCUT2D eigenvalue weighted by molar-refractivity contribution is 5.71. The number of carboxylic acid groups (broad SMARTS) is 1. The van der Waals surface area contributed by atoms with Crippen molar-refractivity contribution in [2.24, 2.45) is 0 Å². The van der Waals surface area contributed by atoms with Crippen molar-refractivity contribution in [3.05, 3.63) is 52.0 Å². The molecular formula is C20H22F3N3O4. The highest BCUT2D eigenvalue weighted by Gasteiger charge is 2.34. The van der Waals surface area contributed by atoms with Crippen LogP contribution in [0.1, 0.15) is 53.0 Å². The Balaban J connectivity index is 2.02. The highest BCUT2D eigenvalue weighted by Crippen LogP contribution is 2.37. The van der Waals surface area contributed by atoms with Crippen LogP contribution in [0.5, 0.6) is 0 Å². The van der Waals surface area contributed by atoms with Crippen LogP contribution in [0.2, 0.25) is 0 Å². The van der Waals surface area contributed by atoms with Crippen molar-refractivity contribution < 1.29 is 32.5 Å². The summed E-state index contributed by atoms with van der Waals surface area (Å²) in [5.41, 5.74) is 0.424. The fraction of sp³-hybridized carbons (Fsp3) is 0.450. The van der Waals surface area contributed by atoms with Gasteiger partial charge in [-0.15, -0.1) is 0 Å². The lowest BCUT2D eigenvalue weighted by Gasteiger charge is -2.24. The number of rotatable bonds is 6. The number of halogens is 3. The normalized spacial score (nSPS) is 15.9. The predicted molar refractivity (Wildman–Crippen MR) is 101 cm³/mol. The summed E-state index contributed by atoms with van der Waals surface area (Å²) in [4.78, 5) is 19.9. The Morgan fingerprint density at radius 1 is 1.27 bits per heavy atom. The number of aliphatic carboxylic acids is 1. The van der Waals surface area contributed by atoms with E-state index in [0.717, 1.165) is 6.07 Å². The van der Waals surface area contributed by atoms with Gasteiger partial charge in [0.05, 0.1) is 42.5 Å². The molecule has 1 aliphatic rings. The van der Waals surface area contributed by atoms with E-state index in [-0.39, 0.29) is 23.5 Å². The maximum atomic E-state index is 13.3. The largest absolute Gasteiger partial charge is 0.481 e. The molecule has 3 rings (SSSR count). The number of alkyl halides is 3. The lowest BCUT2D eigenvalue weighted by atomic mass is 9.97. The monoisotopic (exact) mass is 425 g/mol. The third-order valence-electron chi connectivity index (χ3n) is 4.81. The molecule has 0 amide bonds. The quantitative estimate of drug-likeness (QED) is 0.724. The van der Waals surface area contributed by atoms with E-state index in [2.05, 4.69) is 15.3 Å². The van der Waals surface area contributed by atoms with Gasteiger partial charge in [-0.2, -0.15) is 13.2 Å². The van der Waals surface area contributed by atoms with E-state index < -0.39 is 30.0 Å². The minimum absolute atomic E-state index is 0.108. The molecular weight excluding hydrogens is 403 g/mol. The van der Waals surface area contributed by atoms with E-state index in [1.54, 1.807) is 19.9 Å². The lowest BCUT2D eigenvalue weighted by Crippen LogP contribution is -2.19. The zero-order chi connectivity index (χ0) is 22.1. The second-order valence-corrected chi connectivity index (χ2v) is 7.01. The molecule has 0 saturated carbocycles. The Labute approximate surface area is 171 Å². The number of carboxylic acids is 1. The van der Waals surface area contributed by atoms with Gasteiger partial charge >= 0.3 is 12.1 Å². The van der Waals surface area contributed by atoms with Crippen LogP contribution in [-0.2, 0) is 26.9 Å². The molecule has 0 radical (unpaired) electrons. The minimum Gasteiger partial charge on any atom is -0.481 e. The first-order valence-electron chi connectivity index (χ1n) is 9.33. The third kappa shape index (κ3) is 4.71. The van der Waals surface area contributed by atoms with Crippen molar-refractivity contribution in [1.29, 1.82) is 0 Å². The molecule has 1 aromatic heterocycles. The molecule has 10 heteroatoms.